The van der Waals surface area contributed by atoms with Crippen LogP contribution >= 0.6 is 22.9 Å². The minimum Gasteiger partial charge on any atom is -0.480 e. The van der Waals surface area contributed by atoms with E-state index < -0.39 is 12.0 Å². The van der Waals surface area contributed by atoms with Crippen LogP contribution in [-0.4, -0.2) is 17.1 Å². The van der Waals surface area contributed by atoms with Crippen molar-refractivity contribution in [2.75, 3.05) is 0 Å². The topological polar surface area (TPSA) is 49.3 Å². The molecule has 0 radical (unpaired) electrons. The van der Waals surface area contributed by atoms with Crippen LogP contribution < -0.4 is 5.32 Å². The summed E-state index contributed by atoms with van der Waals surface area (Å²) in [6.07, 6.45) is 1.48. The number of carboxylic acids is 1. The van der Waals surface area contributed by atoms with Crippen molar-refractivity contribution in [1.82, 2.24) is 5.32 Å². The molecule has 0 aliphatic heterocycles. The lowest BCUT2D eigenvalue weighted by atomic mass is 10.1. The molecule has 3 nitrogen and oxygen atoms in total. The minimum atomic E-state index is -0.796. The number of hydrogen-bond acceptors (Lipinski definition) is 3. The fourth-order valence-corrected chi connectivity index (χ4v) is 2.50. The lowest BCUT2D eigenvalue weighted by Gasteiger charge is -2.18. The molecule has 0 aliphatic rings. The highest BCUT2D eigenvalue weighted by Gasteiger charge is 2.19. The molecule has 90 valence electrons. The van der Waals surface area contributed by atoms with E-state index in [-0.39, 0.29) is 6.04 Å². The summed E-state index contributed by atoms with van der Waals surface area (Å²) in [7, 11) is 0. The van der Waals surface area contributed by atoms with Crippen LogP contribution in [-0.2, 0) is 4.79 Å². The lowest BCUT2D eigenvalue weighted by molar-refractivity contribution is -0.139. The van der Waals surface area contributed by atoms with Crippen LogP contribution in [0.1, 0.15) is 38.3 Å². The monoisotopic (exact) mass is 261 g/mol. The smallest absolute Gasteiger partial charge is 0.320 e. The zero-order chi connectivity index (χ0) is 12.1. The molecule has 5 heteroatoms. The Hall–Kier alpha value is -0.580. The number of nitrogens with one attached hydrogen (secondary N) is 1. The van der Waals surface area contributed by atoms with Crippen LogP contribution in [0.15, 0.2) is 11.4 Å². The molecule has 1 aromatic rings. The molecule has 0 bridgehead atoms. The van der Waals surface area contributed by atoms with E-state index in [1.165, 1.54) is 11.3 Å². The van der Waals surface area contributed by atoms with Crippen molar-refractivity contribution in [2.24, 2.45) is 0 Å². The number of halogens is 1. The molecule has 0 spiro atoms. The second-order valence-electron chi connectivity index (χ2n) is 3.75. The second kappa shape index (κ2) is 6.23. The quantitative estimate of drug-likeness (QED) is 0.826. The molecule has 1 rings (SSSR count). The highest BCUT2D eigenvalue weighted by atomic mass is 35.5. The second-order valence-corrected chi connectivity index (χ2v) is 5.29. The van der Waals surface area contributed by atoms with Gasteiger partial charge in [0.2, 0.25) is 0 Å². The first kappa shape index (κ1) is 13.5. The summed E-state index contributed by atoms with van der Waals surface area (Å²) in [6, 6.07) is 1.39. The number of carboxylic acid groups (broad SMARTS) is 1. The van der Waals surface area contributed by atoms with E-state index in [1.54, 1.807) is 0 Å². The van der Waals surface area contributed by atoms with Crippen LogP contribution in [0, 0.1) is 0 Å². The van der Waals surface area contributed by atoms with Gasteiger partial charge in [0, 0.05) is 6.04 Å². The van der Waals surface area contributed by atoms with E-state index in [4.69, 9.17) is 16.7 Å². The first-order chi connectivity index (χ1) is 7.54. The van der Waals surface area contributed by atoms with Gasteiger partial charge in [0.15, 0.2) is 0 Å². The standard InChI is InChI=1S/C11H16ClNO2S/c1-3-4-9(11(14)15)13-7(2)8-5-10(12)16-6-8/h5-7,9,13H,3-4H2,1-2H3,(H,14,15). The highest BCUT2D eigenvalue weighted by Crippen LogP contribution is 2.25. The van der Waals surface area contributed by atoms with Crippen molar-refractivity contribution in [2.45, 2.75) is 38.8 Å². The predicted octanol–water partition coefficient (Wildman–Crippen LogP) is 3.31. The molecule has 1 aromatic heterocycles. The van der Waals surface area contributed by atoms with Crippen molar-refractivity contribution in [3.05, 3.63) is 21.3 Å². The first-order valence-corrected chi connectivity index (χ1v) is 6.53. The Labute approximate surface area is 104 Å². The summed E-state index contributed by atoms with van der Waals surface area (Å²) < 4.78 is 0.728. The Morgan fingerprint density at radius 2 is 2.38 bits per heavy atom. The van der Waals surface area contributed by atoms with Gasteiger partial charge in [-0.25, -0.2) is 0 Å². The fraction of sp³-hybridized carbons (Fsp3) is 0.545. The van der Waals surface area contributed by atoms with E-state index in [0.717, 1.165) is 16.3 Å². The Morgan fingerprint density at radius 3 is 2.81 bits per heavy atom. The van der Waals surface area contributed by atoms with Gasteiger partial charge < -0.3 is 5.11 Å². The zero-order valence-corrected chi connectivity index (χ0v) is 10.9. The molecule has 2 N–H and O–H groups in total. The van der Waals surface area contributed by atoms with Gasteiger partial charge in [-0.2, -0.15) is 0 Å². The molecule has 0 fully saturated rings. The summed E-state index contributed by atoms with van der Waals surface area (Å²) >= 11 is 7.30. The summed E-state index contributed by atoms with van der Waals surface area (Å²) in [5, 5.41) is 14.1. The number of hydrogen-bond donors (Lipinski definition) is 2. The third kappa shape index (κ3) is 3.77. The summed E-state index contributed by atoms with van der Waals surface area (Å²) in [5.41, 5.74) is 1.04. The summed E-state index contributed by atoms with van der Waals surface area (Å²) in [4.78, 5) is 11.0. The number of thiophene rings is 1. The maximum Gasteiger partial charge on any atom is 0.320 e. The average Bonchev–Trinajstić information content (AvgIpc) is 2.64. The van der Waals surface area contributed by atoms with Crippen LogP contribution in [0.3, 0.4) is 0 Å². The number of rotatable bonds is 6. The molecule has 0 amide bonds. The van der Waals surface area contributed by atoms with Crippen molar-refractivity contribution < 1.29 is 9.90 Å². The van der Waals surface area contributed by atoms with Crippen molar-refractivity contribution in [3.63, 3.8) is 0 Å². The minimum absolute atomic E-state index is 0.0106. The van der Waals surface area contributed by atoms with Gasteiger partial charge >= 0.3 is 5.97 Å². The number of carbonyl (C=O) groups is 1. The Morgan fingerprint density at radius 1 is 1.69 bits per heavy atom. The van der Waals surface area contributed by atoms with E-state index in [0.29, 0.717) is 6.42 Å². The Balaban J connectivity index is 2.61. The fourth-order valence-electron chi connectivity index (χ4n) is 1.52. The molecule has 0 aliphatic carbocycles. The van der Waals surface area contributed by atoms with Crippen molar-refractivity contribution in [1.29, 1.82) is 0 Å². The maximum atomic E-state index is 11.0. The molecular weight excluding hydrogens is 246 g/mol. The van der Waals surface area contributed by atoms with E-state index in [1.807, 2.05) is 25.3 Å². The molecule has 0 aromatic carbocycles. The predicted molar refractivity (Wildman–Crippen MR) is 67.2 cm³/mol. The molecular formula is C11H16ClNO2S. The number of aliphatic carboxylic acids is 1. The van der Waals surface area contributed by atoms with Gasteiger partial charge in [-0.1, -0.05) is 24.9 Å². The van der Waals surface area contributed by atoms with Crippen molar-refractivity contribution >= 4 is 28.9 Å². The van der Waals surface area contributed by atoms with Gasteiger partial charge in [-0.3, -0.25) is 10.1 Å². The third-order valence-electron chi connectivity index (χ3n) is 2.41. The van der Waals surface area contributed by atoms with Gasteiger partial charge in [0.1, 0.15) is 6.04 Å². The highest BCUT2D eigenvalue weighted by molar-refractivity contribution is 7.14. The van der Waals surface area contributed by atoms with Gasteiger partial charge in [0.05, 0.1) is 4.34 Å². The van der Waals surface area contributed by atoms with Crippen LogP contribution in [0.2, 0.25) is 4.34 Å². The van der Waals surface area contributed by atoms with Crippen LogP contribution in [0.5, 0.6) is 0 Å². The summed E-state index contributed by atoms with van der Waals surface area (Å²) in [6.45, 7) is 3.92. The van der Waals surface area contributed by atoms with Gasteiger partial charge in [0.25, 0.3) is 0 Å². The van der Waals surface area contributed by atoms with Gasteiger partial charge in [-0.15, -0.1) is 11.3 Å². The van der Waals surface area contributed by atoms with Crippen LogP contribution in [0.4, 0.5) is 0 Å². The van der Waals surface area contributed by atoms with E-state index >= 15 is 0 Å². The SMILES string of the molecule is CCCC(NC(C)c1csc(Cl)c1)C(=O)O. The van der Waals surface area contributed by atoms with Crippen LogP contribution in [0.25, 0.3) is 0 Å². The average molecular weight is 262 g/mol. The lowest BCUT2D eigenvalue weighted by Crippen LogP contribution is -2.38. The Bertz CT molecular complexity index is 354. The van der Waals surface area contributed by atoms with E-state index in [9.17, 15) is 4.79 Å². The molecule has 16 heavy (non-hydrogen) atoms. The normalized spacial score (nSPS) is 14.7. The largest absolute Gasteiger partial charge is 0.480 e. The third-order valence-corrected chi connectivity index (χ3v) is 3.52. The molecule has 0 saturated carbocycles. The molecule has 1 heterocycles. The van der Waals surface area contributed by atoms with Gasteiger partial charge in [-0.05, 0) is 30.4 Å². The van der Waals surface area contributed by atoms with Crippen molar-refractivity contribution in [3.8, 4) is 0 Å². The molecule has 2 unspecified atom stereocenters. The maximum absolute atomic E-state index is 11.0. The zero-order valence-electron chi connectivity index (χ0n) is 9.37. The molecule has 2 atom stereocenters. The summed E-state index contributed by atoms with van der Waals surface area (Å²) in [5.74, 6) is -0.796. The van der Waals surface area contributed by atoms with E-state index in [2.05, 4.69) is 5.32 Å². The Kier molecular flexibility index (Phi) is 5.25. The molecule has 0 saturated heterocycles. The first-order valence-electron chi connectivity index (χ1n) is 5.27.